The normalized spacial score (nSPS) is 11.9. The molecule has 2 amide bonds. The summed E-state index contributed by atoms with van der Waals surface area (Å²) < 4.78 is 5.18. The predicted octanol–water partition coefficient (Wildman–Crippen LogP) is 0.893. The molecule has 0 bridgehead atoms. The van der Waals surface area contributed by atoms with Gasteiger partial charge in [-0.1, -0.05) is 6.92 Å². The van der Waals surface area contributed by atoms with Gasteiger partial charge >= 0.3 is 12.0 Å². The summed E-state index contributed by atoms with van der Waals surface area (Å²) in [6, 6.07) is -0.372. The van der Waals surface area contributed by atoms with E-state index in [1.54, 1.807) is 20.0 Å². The van der Waals surface area contributed by atoms with Crippen molar-refractivity contribution >= 4 is 12.0 Å². The Hall–Kier alpha value is -2.05. The maximum atomic E-state index is 11.3. The second-order valence-corrected chi connectivity index (χ2v) is 4.00. The van der Waals surface area contributed by atoms with Crippen molar-refractivity contribution in [2.24, 2.45) is 5.92 Å². The zero-order valence-electron chi connectivity index (χ0n) is 10.4. The number of carboxylic acid groups (broad SMARTS) is 1. The number of aliphatic carboxylic acids is 1. The SMILES string of the molecule is Cc1cnc(CNC(=O)NCCC(C)C(=O)O)o1. The van der Waals surface area contributed by atoms with Gasteiger partial charge in [-0.3, -0.25) is 4.79 Å². The van der Waals surface area contributed by atoms with Crippen LogP contribution >= 0.6 is 0 Å². The Morgan fingerprint density at radius 2 is 2.22 bits per heavy atom. The van der Waals surface area contributed by atoms with Crippen LogP contribution in [0.2, 0.25) is 0 Å². The smallest absolute Gasteiger partial charge is 0.315 e. The molecule has 100 valence electrons. The number of carbonyl (C=O) groups excluding carboxylic acids is 1. The molecule has 1 atom stereocenters. The van der Waals surface area contributed by atoms with E-state index in [4.69, 9.17) is 9.52 Å². The van der Waals surface area contributed by atoms with Gasteiger partial charge in [0, 0.05) is 6.54 Å². The lowest BCUT2D eigenvalue weighted by atomic mass is 10.1. The van der Waals surface area contributed by atoms with Crippen LogP contribution in [0.1, 0.15) is 25.0 Å². The molecule has 0 saturated heterocycles. The Bertz CT molecular complexity index is 416. The lowest BCUT2D eigenvalue weighted by Gasteiger charge is -2.08. The highest BCUT2D eigenvalue weighted by molar-refractivity contribution is 5.74. The third-order valence-corrected chi connectivity index (χ3v) is 2.35. The standard InChI is InChI=1S/C11H17N3O4/c1-7(10(15)16)3-4-12-11(17)14-6-9-13-5-8(2)18-9/h5,7H,3-4,6H2,1-2H3,(H,15,16)(H2,12,14,17). The molecule has 0 radical (unpaired) electrons. The van der Waals surface area contributed by atoms with Crippen molar-refractivity contribution < 1.29 is 19.1 Å². The molecule has 0 fully saturated rings. The molecule has 7 heteroatoms. The molecular formula is C11H17N3O4. The summed E-state index contributed by atoms with van der Waals surface area (Å²) in [5, 5.41) is 13.8. The molecule has 1 heterocycles. The molecule has 0 aliphatic carbocycles. The van der Waals surface area contributed by atoms with Gasteiger partial charge in [-0.25, -0.2) is 9.78 Å². The number of oxazole rings is 1. The maximum Gasteiger partial charge on any atom is 0.315 e. The van der Waals surface area contributed by atoms with Gasteiger partial charge in [0.25, 0.3) is 0 Å². The number of urea groups is 1. The summed E-state index contributed by atoms with van der Waals surface area (Å²) in [6.07, 6.45) is 1.96. The number of aromatic nitrogens is 1. The lowest BCUT2D eigenvalue weighted by molar-refractivity contribution is -0.141. The van der Waals surface area contributed by atoms with E-state index in [1.165, 1.54) is 0 Å². The number of nitrogens with zero attached hydrogens (tertiary/aromatic N) is 1. The molecule has 0 spiro atoms. The Kier molecular flexibility index (Phi) is 5.16. The first-order valence-electron chi connectivity index (χ1n) is 5.65. The van der Waals surface area contributed by atoms with E-state index in [1.807, 2.05) is 0 Å². The first-order chi connectivity index (χ1) is 8.49. The Balaban J connectivity index is 2.16. The van der Waals surface area contributed by atoms with E-state index in [-0.39, 0.29) is 12.6 Å². The van der Waals surface area contributed by atoms with Gasteiger partial charge in [-0.15, -0.1) is 0 Å². The van der Waals surface area contributed by atoms with Crippen LogP contribution in [0.25, 0.3) is 0 Å². The fourth-order valence-corrected chi connectivity index (χ4v) is 1.23. The van der Waals surface area contributed by atoms with Crippen molar-refractivity contribution in [3.8, 4) is 0 Å². The number of hydrogen-bond acceptors (Lipinski definition) is 4. The van der Waals surface area contributed by atoms with E-state index in [2.05, 4.69) is 15.6 Å². The summed E-state index contributed by atoms with van der Waals surface area (Å²) in [4.78, 5) is 25.8. The van der Waals surface area contributed by atoms with Gasteiger partial charge in [0.2, 0.25) is 5.89 Å². The van der Waals surface area contributed by atoms with Crippen molar-refractivity contribution in [2.75, 3.05) is 6.54 Å². The first-order valence-corrected chi connectivity index (χ1v) is 5.65. The van der Waals surface area contributed by atoms with Crippen LogP contribution < -0.4 is 10.6 Å². The van der Waals surface area contributed by atoms with E-state index in [0.29, 0.717) is 24.6 Å². The number of carboxylic acids is 1. The molecule has 0 aromatic carbocycles. The molecular weight excluding hydrogens is 238 g/mol. The molecule has 18 heavy (non-hydrogen) atoms. The average molecular weight is 255 g/mol. The van der Waals surface area contributed by atoms with Crippen LogP contribution in [-0.4, -0.2) is 28.6 Å². The van der Waals surface area contributed by atoms with Crippen LogP contribution in [0.3, 0.4) is 0 Å². The van der Waals surface area contributed by atoms with Gasteiger partial charge in [0.05, 0.1) is 18.7 Å². The maximum absolute atomic E-state index is 11.3. The molecule has 0 saturated carbocycles. The molecule has 1 rings (SSSR count). The predicted molar refractivity (Wildman–Crippen MR) is 62.9 cm³/mol. The van der Waals surface area contributed by atoms with Crippen molar-refractivity contribution in [1.29, 1.82) is 0 Å². The second kappa shape index (κ2) is 6.63. The van der Waals surface area contributed by atoms with Crippen LogP contribution in [0, 0.1) is 12.8 Å². The highest BCUT2D eigenvalue weighted by Crippen LogP contribution is 2.01. The summed E-state index contributed by atoms with van der Waals surface area (Å²) >= 11 is 0. The van der Waals surface area contributed by atoms with Gasteiger partial charge in [0.15, 0.2) is 0 Å². The van der Waals surface area contributed by atoms with Gasteiger partial charge in [-0.05, 0) is 13.3 Å². The molecule has 0 aliphatic heterocycles. The molecule has 1 unspecified atom stereocenters. The molecule has 1 aromatic rings. The third-order valence-electron chi connectivity index (χ3n) is 2.35. The topological polar surface area (TPSA) is 104 Å². The number of amides is 2. The Labute approximate surface area is 105 Å². The Morgan fingerprint density at radius 3 is 2.78 bits per heavy atom. The minimum Gasteiger partial charge on any atom is -0.481 e. The van der Waals surface area contributed by atoms with E-state index in [9.17, 15) is 9.59 Å². The number of hydrogen-bond donors (Lipinski definition) is 3. The monoisotopic (exact) mass is 255 g/mol. The van der Waals surface area contributed by atoms with Crippen LogP contribution in [0.5, 0.6) is 0 Å². The van der Waals surface area contributed by atoms with Gasteiger partial charge in [0.1, 0.15) is 5.76 Å². The minimum absolute atomic E-state index is 0.203. The van der Waals surface area contributed by atoms with Gasteiger partial charge in [-0.2, -0.15) is 0 Å². The third kappa shape index (κ3) is 4.86. The van der Waals surface area contributed by atoms with E-state index < -0.39 is 11.9 Å². The number of carbonyl (C=O) groups is 2. The van der Waals surface area contributed by atoms with Crippen molar-refractivity contribution in [2.45, 2.75) is 26.8 Å². The number of rotatable bonds is 6. The fourth-order valence-electron chi connectivity index (χ4n) is 1.23. The largest absolute Gasteiger partial charge is 0.481 e. The summed E-state index contributed by atoms with van der Waals surface area (Å²) in [5.74, 6) is -0.226. The zero-order valence-corrected chi connectivity index (χ0v) is 10.4. The van der Waals surface area contributed by atoms with Gasteiger partial charge < -0.3 is 20.2 Å². The van der Waals surface area contributed by atoms with Crippen molar-refractivity contribution in [1.82, 2.24) is 15.6 Å². The molecule has 3 N–H and O–H groups in total. The van der Waals surface area contributed by atoms with Crippen LogP contribution in [0.15, 0.2) is 10.6 Å². The summed E-state index contributed by atoms with van der Waals surface area (Å²) in [7, 11) is 0. The number of aryl methyl sites for hydroxylation is 1. The highest BCUT2D eigenvalue weighted by atomic mass is 16.4. The number of nitrogens with one attached hydrogen (secondary N) is 2. The molecule has 0 aliphatic rings. The summed E-state index contributed by atoms with van der Waals surface area (Å²) in [6.45, 7) is 3.87. The Morgan fingerprint density at radius 1 is 1.50 bits per heavy atom. The summed E-state index contributed by atoms with van der Waals surface area (Å²) in [5.41, 5.74) is 0. The van der Waals surface area contributed by atoms with Crippen LogP contribution in [-0.2, 0) is 11.3 Å². The quantitative estimate of drug-likeness (QED) is 0.700. The van der Waals surface area contributed by atoms with Crippen molar-refractivity contribution in [3.05, 3.63) is 17.8 Å². The minimum atomic E-state index is -0.868. The molecule has 7 nitrogen and oxygen atoms in total. The lowest BCUT2D eigenvalue weighted by Crippen LogP contribution is -2.36. The highest BCUT2D eigenvalue weighted by Gasteiger charge is 2.10. The average Bonchev–Trinajstić information content (AvgIpc) is 2.72. The second-order valence-electron chi connectivity index (χ2n) is 4.00. The fraction of sp³-hybridized carbons (Fsp3) is 0.545. The van der Waals surface area contributed by atoms with Crippen molar-refractivity contribution in [3.63, 3.8) is 0 Å². The zero-order chi connectivity index (χ0) is 13.5. The van der Waals surface area contributed by atoms with E-state index in [0.717, 1.165) is 0 Å². The van der Waals surface area contributed by atoms with Crippen LogP contribution in [0.4, 0.5) is 4.79 Å². The first kappa shape index (κ1) is 14.0. The van der Waals surface area contributed by atoms with E-state index >= 15 is 0 Å². The molecule has 1 aromatic heterocycles.